The lowest BCUT2D eigenvalue weighted by atomic mass is 9.39. The van der Waals surface area contributed by atoms with E-state index in [4.69, 9.17) is 9.47 Å². The molecule has 14 atom stereocenters. The molecule has 0 amide bonds. The average Bonchev–Trinajstić information content (AvgIpc) is 3.02. The summed E-state index contributed by atoms with van der Waals surface area (Å²) < 4.78 is 11.0. The number of aliphatic hydroxyl groups excluding tert-OH is 6. The van der Waals surface area contributed by atoms with Gasteiger partial charge >= 0.3 is 5.97 Å². The summed E-state index contributed by atoms with van der Waals surface area (Å²) in [5.41, 5.74) is -6.62. The zero-order valence-corrected chi connectivity index (χ0v) is 21.8. The molecule has 5 rings (SSSR count). The van der Waals surface area contributed by atoms with Gasteiger partial charge in [0.2, 0.25) is 0 Å². The Morgan fingerprint density at radius 3 is 2.26 bits per heavy atom. The Morgan fingerprint density at radius 1 is 0.947 bits per heavy atom. The van der Waals surface area contributed by atoms with Crippen molar-refractivity contribution in [2.24, 2.45) is 28.1 Å². The lowest BCUT2D eigenvalue weighted by Gasteiger charge is -2.66. The van der Waals surface area contributed by atoms with Crippen LogP contribution in [0.2, 0.25) is 0 Å². The molecule has 5 aliphatic rings. The third-order valence-corrected chi connectivity index (χ3v) is 11.3. The van der Waals surface area contributed by atoms with Crippen LogP contribution in [0.25, 0.3) is 0 Å². The van der Waals surface area contributed by atoms with Gasteiger partial charge in [0.1, 0.15) is 30.0 Å². The zero-order chi connectivity index (χ0) is 28.1. The molecule has 1 spiro atoms. The van der Waals surface area contributed by atoms with E-state index in [2.05, 4.69) is 0 Å². The van der Waals surface area contributed by atoms with Crippen LogP contribution in [0.1, 0.15) is 58.8 Å². The molecular weight excluding hydrogens is 504 g/mol. The first kappa shape index (κ1) is 28.6. The lowest BCUT2D eigenvalue weighted by Crippen LogP contribution is -2.69. The lowest BCUT2D eigenvalue weighted by molar-refractivity contribution is -0.314. The van der Waals surface area contributed by atoms with Crippen LogP contribution in [0, 0.1) is 28.1 Å². The Kier molecular flexibility index (Phi) is 6.80. The second kappa shape index (κ2) is 9.04. The van der Waals surface area contributed by atoms with Crippen LogP contribution in [-0.2, 0) is 14.3 Å². The Hall–Kier alpha value is -0.930. The van der Waals surface area contributed by atoms with Crippen LogP contribution < -0.4 is 0 Å². The number of ether oxygens (including phenoxy) is 2. The van der Waals surface area contributed by atoms with E-state index < -0.39 is 95.5 Å². The van der Waals surface area contributed by atoms with Crippen LogP contribution in [-0.4, -0.2) is 119 Å². The van der Waals surface area contributed by atoms with Crippen molar-refractivity contribution in [3.05, 3.63) is 0 Å². The number of carboxylic acid groups (broad SMARTS) is 1. The first-order valence-corrected chi connectivity index (χ1v) is 13.6. The van der Waals surface area contributed by atoms with Crippen molar-refractivity contribution >= 4 is 5.97 Å². The van der Waals surface area contributed by atoms with Gasteiger partial charge in [-0.3, -0.25) is 4.79 Å². The molecule has 4 saturated carbocycles. The highest BCUT2D eigenvalue weighted by Crippen LogP contribution is 2.73. The standard InChI is InChI=1S/C26H42O12/c1-22-5-3-6-23(2,21(33)34)18(22)17(31)19(32)24-9-25(35,7-4-13(22)24)26(36,10-24)11-37-20-16(30)15(29)14(28)12(8-27)38-20/h12-20,27-32,35-36H,3-11H2,1-2H3,(H,33,34)/t12-,13+,14-,15+,16-,17+,18+,19+,20-,22+,23-,24-,25-,26+/m1/s1. The Morgan fingerprint density at radius 2 is 1.63 bits per heavy atom. The van der Waals surface area contributed by atoms with Gasteiger partial charge < -0.3 is 55.4 Å². The number of aliphatic hydroxyl groups is 8. The number of carbonyl (C=O) groups is 1. The molecule has 1 aliphatic heterocycles. The minimum Gasteiger partial charge on any atom is -0.481 e. The van der Waals surface area contributed by atoms with E-state index in [1.165, 1.54) is 0 Å². The second-order valence-corrected chi connectivity index (χ2v) is 13.2. The minimum absolute atomic E-state index is 0.0243. The number of rotatable bonds is 5. The van der Waals surface area contributed by atoms with Gasteiger partial charge in [0, 0.05) is 11.3 Å². The zero-order valence-electron chi connectivity index (χ0n) is 21.8. The summed E-state index contributed by atoms with van der Waals surface area (Å²) in [4.78, 5) is 12.4. The maximum absolute atomic E-state index is 12.4. The summed E-state index contributed by atoms with van der Waals surface area (Å²) in [6.45, 7) is 2.40. The SMILES string of the molecule is C[C@@]12CCC[C@@](C)(C(=O)O)[C@H]1[C@H](O)[C@H](O)[C@@]13C[C@](O)(CC[C@@H]21)[C@@](O)(CO[C@@H]1O[C@H](CO)[C@@H](O)[C@H](O)[C@H]1O)C3. The average molecular weight is 547 g/mol. The van der Waals surface area contributed by atoms with Crippen molar-refractivity contribution in [3.63, 3.8) is 0 Å². The van der Waals surface area contributed by atoms with Crippen molar-refractivity contribution in [3.8, 4) is 0 Å². The summed E-state index contributed by atoms with van der Waals surface area (Å²) in [6.07, 6.45) is -8.35. The Balaban J connectivity index is 1.44. The summed E-state index contributed by atoms with van der Waals surface area (Å²) >= 11 is 0. The van der Waals surface area contributed by atoms with Gasteiger partial charge in [0.25, 0.3) is 0 Å². The summed E-state index contributed by atoms with van der Waals surface area (Å²) in [7, 11) is 0. The highest BCUT2D eigenvalue weighted by Gasteiger charge is 2.77. The smallest absolute Gasteiger partial charge is 0.309 e. The third-order valence-electron chi connectivity index (χ3n) is 11.3. The molecule has 1 saturated heterocycles. The van der Waals surface area contributed by atoms with Gasteiger partial charge in [-0.1, -0.05) is 13.3 Å². The maximum atomic E-state index is 12.4. The fraction of sp³-hybridized carbons (Fsp3) is 0.962. The molecule has 0 aromatic rings. The molecular formula is C26H42O12. The number of fused-ring (bicyclic) bond motifs is 3. The van der Waals surface area contributed by atoms with E-state index >= 15 is 0 Å². The van der Waals surface area contributed by atoms with E-state index in [0.717, 1.165) is 0 Å². The summed E-state index contributed by atoms with van der Waals surface area (Å²) in [5, 5.41) is 96.6. The van der Waals surface area contributed by atoms with Crippen LogP contribution in [0.4, 0.5) is 0 Å². The molecule has 2 bridgehead atoms. The highest BCUT2D eigenvalue weighted by molar-refractivity contribution is 5.75. The quantitative estimate of drug-likeness (QED) is 0.184. The second-order valence-electron chi connectivity index (χ2n) is 13.2. The molecule has 0 aromatic carbocycles. The highest BCUT2D eigenvalue weighted by atomic mass is 16.7. The van der Waals surface area contributed by atoms with Gasteiger partial charge in [-0.05, 0) is 56.8 Å². The molecule has 38 heavy (non-hydrogen) atoms. The van der Waals surface area contributed by atoms with Crippen molar-refractivity contribution in [1.82, 2.24) is 0 Å². The van der Waals surface area contributed by atoms with Crippen LogP contribution in [0.15, 0.2) is 0 Å². The van der Waals surface area contributed by atoms with Crippen LogP contribution in [0.3, 0.4) is 0 Å². The number of hydrogen-bond donors (Lipinski definition) is 9. The van der Waals surface area contributed by atoms with Gasteiger partial charge in [-0.2, -0.15) is 0 Å². The number of aliphatic carboxylic acids is 1. The predicted octanol–water partition coefficient (Wildman–Crippen LogP) is -1.91. The van der Waals surface area contributed by atoms with Crippen LogP contribution in [0.5, 0.6) is 0 Å². The normalized spacial score (nSPS) is 58.2. The first-order valence-electron chi connectivity index (χ1n) is 13.6. The largest absolute Gasteiger partial charge is 0.481 e. The molecule has 9 N–H and O–H groups in total. The Bertz CT molecular complexity index is 947. The Labute approximate surface area is 220 Å². The molecule has 1 heterocycles. The van der Waals surface area contributed by atoms with Gasteiger partial charge in [-0.15, -0.1) is 0 Å². The van der Waals surface area contributed by atoms with Crippen molar-refractivity contribution in [2.75, 3.05) is 13.2 Å². The van der Waals surface area contributed by atoms with E-state index in [1.54, 1.807) is 6.92 Å². The molecule has 0 unspecified atom stereocenters. The predicted molar refractivity (Wildman–Crippen MR) is 127 cm³/mol. The molecule has 12 heteroatoms. The van der Waals surface area contributed by atoms with E-state index in [-0.39, 0.29) is 25.2 Å². The topological polar surface area (TPSA) is 218 Å². The minimum atomic E-state index is -1.92. The molecule has 218 valence electrons. The van der Waals surface area contributed by atoms with Crippen LogP contribution >= 0.6 is 0 Å². The van der Waals surface area contributed by atoms with Crippen molar-refractivity contribution < 1.29 is 60.2 Å². The maximum Gasteiger partial charge on any atom is 0.309 e. The molecule has 5 fully saturated rings. The fourth-order valence-corrected chi connectivity index (χ4v) is 9.53. The van der Waals surface area contributed by atoms with E-state index in [1.807, 2.05) is 6.92 Å². The molecule has 0 aromatic heterocycles. The van der Waals surface area contributed by atoms with Crippen molar-refractivity contribution in [1.29, 1.82) is 0 Å². The summed E-state index contributed by atoms with van der Waals surface area (Å²) in [6, 6.07) is 0. The molecule has 4 aliphatic carbocycles. The summed E-state index contributed by atoms with van der Waals surface area (Å²) in [5.74, 6) is -2.00. The number of carboxylic acids is 1. The molecule has 12 nitrogen and oxygen atoms in total. The first-order chi connectivity index (χ1) is 17.6. The van der Waals surface area contributed by atoms with Gasteiger partial charge in [0.15, 0.2) is 6.29 Å². The van der Waals surface area contributed by atoms with Gasteiger partial charge in [-0.25, -0.2) is 0 Å². The molecule has 0 radical (unpaired) electrons. The number of hydrogen-bond acceptors (Lipinski definition) is 11. The van der Waals surface area contributed by atoms with E-state index in [0.29, 0.717) is 25.7 Å². The van der Waals surface area contributed by atoms with Crippen molar-refractivity contribution in [2.45, 2.75) is 113 Å². The third kappa shape index (κ3) is 3.62. The fourth-order valence-electron chi connectivity index (χ4n) is 9.53. The monoisotopic (exact) mass is 546 g/mol. The van der Waals surface area contributed by atoms with Gasteiger partial charge in [0.05, 0.1) is 36.4 Å². The van der Waals surface area contributed by atoms with E-state index in [9.17, 15) is 50.8 Å².